The van der Waals surface area contributed by atoms with E-state index in [2.05, 4.69) is 21.8 Å². The first-order valence-corrected chi connectivity index (χ1v) is 11.4. The van der Waals surface area contributed by atoms with Gasteiger partial charge >= 0.3 is 0 Å². The Morgan fingerprint density at radius 1 is 1.22 bits per heavy atom. The highest BCUT2D eigenvalue weighted by molar-refractivity contribution is 7.90. The second kappa shape index (κ2) is 8.47. The normalized spacial score (nSPS) is 23.2. The minimum atomic E-state index is -3.22. The molecule has 2 aliphatic heterocycles. The number of hydrogen-bond acceptors (Lipinski definition) is 5. The van der Waals surface area contributed by atoms with Crippen molar-refractivity contribution in [1.29, 1.82) is 0 Å². The summed E-state index contributed by atoms with van der Waals surface area (Å²) in [5, 5.41) is -0.408. The second-order valence-electron chi connectivity index (χ2n) is 8.03. The largest absolute Gasteiger partial charge is 0.497 e. The molecule has 1 atom stereocenters. The van der Waals surface area contributed by atoms with Crippen molar-refractivity contribution >= 4 is 10.0 Å². The smallest absolute Gasteiger partial charge is 0.214 e. The third kappa shape index (κ3) is 5.22. The molecular weight excluding hydrogens is 364 g/mol. The molecule has 3 rings (SSSR count). The molecular formula is C20H32N2O4S. The predicted octanol–water partition coefficient (Wildman–Crippen LogP) is 2.54. The van der Waals surface area contributed by atoms with Crippen LogP contribution < -0.4 is 9.46 Å². The fourth-order valence-electron chi connectivity index (χ4n) is 3.89. The van der Waals surface area contributed by atoms with E-state index in [1.165, 1.54) is 5.56 Å². The number of hydrogen-bond donors (Lipinski definition) is 1. The molecule has 1 spiro atoms. The summed E-state index contributed by atoms with van der Waals surface area (Å²) in [6, 6.07) is 8.24. The fraction of sp³-hybridized carbons (Fsp3) is 0.700. The van der Waals surface area contributed by atoms with Crippen molar-refractivity contribution in [3.63, 3.8) is 0 Å². The van der Waals surface area contributed by atoms with Gasteiger partial charge in [0.05, 0.1) is 24.1 Å². The van der Waals surface area contributed by atoms with Crippen LogP contribution in [0.4, 0.5) is 0 Å². The first kappa shape index (κ1) is 20.6. The number of piperidine rings is 1. The van der Waals surface area contributed by atoms with Crippen LogP contribution in [0.1, 0.15) is 45.1 Å². The van der Waals surface area contributed by atoms with Gasteiger partial charge in [0, 0.05) is 26.2 Å². The summed E-state index contributed by atoms with van der Waals surface area (Å²) in [6.07, 6.45) is 3.97. The second-order valence-corrected chi connectivity index (χ2v) is 10.3. The van der Waals surface area contributed by atoms with Gasteiger partial charge in [0.15, 0.2) is 0 Å². The maximum atomic E-state index is 11.9. The van der Waals surface area contributed by atoms with Crippen molar-refractivity contribution in [3.05, 3.63) is 29.8 Å². The van der Waals surface area contributed by atoms with Gasteiger partial charge in [-0.05, 0) is 57.2 Å². The molecule has 0 aromatic heterocycles. The first-order valence-electron chi connectivity index (χ1n) is 9.83. The molecule has 152 valence electrons. The highest BCUT2D eigenvalue weighted by Crippen LogP contribution is 2.39. The topological polar surface area (TPSA) is 67.9 Å². The van der Waals surface area contributed by atoms with Gasteiger partial charge in [-0.25, -0.2) is 13.1 Å². The minimum absolute atomic E-state index is 0.00772. The van der Waals surface area contributed by atoms with Crippen LogP contribution >= 0.6 is 0 Å². The quantitative estimate of drug-likeness (QED) is 0.767. The molecule has 6 nitrogen and oxygen atoms in total. The van der Waals surface area contributed by atoms with Crippen molar-refractivity contribution < 1.29 is 17.9 Å². The van der Waals surface area contributed by atoms with E-state index in [1.807, 2.05) is 12.1 Å². The van der Waals surface area contributed by atoms with Gasteiger partial charge in [0.1, 0.15) is 5.75 Å². The van der Waals surface area contributed by atoms with Gasteiger partial charge in [0.2, 0.25) is 10.0 Å². The molecule has 1 aromatic carbocycles. The summed E-state index contributed by atoms with van der Waals surface area (Å²) < 4.78 is 38.1. The number of nitrogens with zero attached hydrogens (tertiary/aromatic N) is 1. The Morgan fingerprint density at radius 2 is 1.89 bits per heavy atom. The van der Waals surface area contributed by atoms with Gasteiger partial charge in [-0.3, -0.25) is 4.90 Å². The van der Waals surface area contributed by atoms with Crippen LogP contribution in [-0.4, -0.2) is 57.0 Å². The Kier molecular flexibility index (Phi) is 6.46. The van der Waals surface area contributed by atoms with Crippen LogP contribution in [-0.2, 0) is 21.3 Å². The maximum Gasteiger partial charge on any atom is 0.214 e. The fourth-order valence-corrected chi connectivity index (χ4v) is 4.64. The highest BCUT2D eigenvalue weighted by Gasteiger charge is 2.42. The summed E-state index contributed by atoms with van der Waals surface area (Å²) in [5.74, 6) is 0.884. The Labute approximate surface area is 163 Å². The number of sulfonamides is 1. The summed E-state index contributed by atoms with van der Waals surface area (Å²) >= 11 is 0. The van der Waals surface area contributed by atoms with Crippen molar-refractivity contribution in [2.24, 2.45) is 0 Å². The van der Waals surface area contributed by atoms with Crippen LogP contribution in [0.15, 0.2) is 24.3 Å². The van der Waals surface area contributed by atoms with Gasteiger partial charge < -0.3 is 9.47 Å². The molecule has 2 heterocycles. The predicted molar refractivity (Wildman–Crippen MR) is 106 cm³/mol. The average Bonchev–Trinajstić information content (AvgIpc) is 3.06. The molecule has 1 unspecified atom stereocenters. The van der Waals surface area contributed by atoms with Crippen LogP contribution in [0.5, 0.6) is 5.75 Å². The molecule has 2 aliphatic rings. The first-order chi connectivity index (χ1) is 12.8. The molecule has 0 radical (unpaired) electrons. The molecule has 2 saturated heterocycles. The summed E-state index contributed by atoms with van der Waals surface area (Å²) in [6.45, 7) is 6.73. The Balaban J connectivity index is 1.46. The number of rotatable bonds is 7. The summed E-state index contributed by atoms with van der Waals surface area (Å²) in [7, 11) is -1.54. The Morgan fingerprint density at radius 3 is 2.48 bits per heavy atom. The van der Waals surface area contributed by atoms with E-state index in [4.69, 9.17) is 9.47 Å². The summed E-state index contributed by atoms with van der Waals surface area (Å²) in [4.78, 5) is 2.46. The number of methoxy groups -OCH3 is 1. The average molecular weight is 397 g/mol. The van der Waals surface area contributed by atoms with Crippen molar-refractivity contribution in [3.8, 4) is 5.75 Å². The van der Waals surface area contributed by atoms with E-state index in [9.17, 15) is 8.42 Å². The molecule has 0 bridgehead atoms. The molecule has 1 N–H and O–H groups in total. The monoisotopic (exact) mass is 396 g/mol. The zero-order chi connectivity index (χ0) is 19.5. The van der Waals surface area contributed by atoms with E-state index in [-0.39, 0.29) is 11.7 Å². The van der Waals surface area contributed by atoms with Crippen LogP contribution in [0.2, 0.25) is 0 Å². The molecule has 27 heavy (non-hydrogen) atoms. The molecule has 0 amide bonds. The number of ether oxygens (including phenoxy) is 2. The Bertz CT molecular complexity index is 710. The Hall–Kier alpha value is -1.15. The van der Waals surface area contributed by atoms with Crippen LogP contribution in [0, 0.1) is 0 Å². The van der Waals surface area contributed by atoms with E-state index in [1.54, 1.807) is 21.0 Å². The lowest BCUT2D eigenvalue weighted by Gasteiger charge is -2.39. The molecule has 7 heteroatoms. The zero-order valence-corrected chi connectivity index (χ0v) is 17.4. The van der Waals surface area contributed by atoms with E-state index in [0.717, 1.165) is 51.1 Å². The SMILES string of the molecule is COc1ccc(CN2CCC3(CCC(CNS(=O)(=O)C(C)C)O3)CC2)cc1. The third-order valence-corrected chi connectivity index (χ3v) is 7.61. The van der Waals surface area contributed by atoms with Gasteiger partial charge in [-0.1, -0.05) is 12.1 Å². The lowest BCUT2D eigenvalue weighted by atomic mass is 9.88. The maximum absolute atomic E-state index is 11.9. The molecule has 2 fully saturated rings. The summed E-state index contributed by atoms with van der Waals surface area (Å²) in [5.41, 5.74) is 1.23. The van der Waals surface area contributed by atoms with E-state index < -0.39 is 15.3 Å². The zero-order valence-electron chi connectivity index (χ0n) is 16.6. The van der Waals surface area contributed by atoms with E-state index >= 15 is 0 Å². The van der Waals surface area contributed by atoms with Gasteiger partial charge in [-0.2, -0.15) is 0 Å². The minimum Gasteiger partial charge on any atom is -0.497 e. The highest BCUT2D eigenvalue weighted by atomic mass is 32.2. The van der Waals surface area contributed by atoms with Gasteiger partial charge in [-0.15, -0.1) is 0 Å². The van der Waals surface area contributed by atoms with Crippen molar-refractivity contribution in [2.45, 2.75) is 63.0 Å². The van der Waals surface area contributed by atoms with Crippen molar-refractivity contribution in [2.75, 3.05) is 26.7 Å². The molecule has 0 aliphatic carbocycles. The van der Waals surface area contributed by atoms with Crippen LogP contribution in [0.25, 0.3) is 0 Å². The lowest BCUT2D eigenvalue weighted by molar-refractivity contribution is -0.0758. The number of likely N-dealkylation sites (tertiary alicyclic amines) is 1. The number of nitrogens with one attached hydrogen (secondary N) is 1. The van der Waals surface area contributed by atoms with Crippen LogP contribution in [0.3, 0.4) is 0 Å². The van der Waals surface area contributed by atoms with E-state index in [0.29, 0.717) is 6.54 Å². The van der Waals surface area contributed by atoms with Crippen molar-refractivity contribution in [1.82, 2.24) is 9.62 Å². The molecule has 0 saturated carbocycles. The van der Waals surface area contributed by atoms with Gasteiger partial charge in [0.25, 0.3) is 0 Å². The third-order valence-electron chi connectivity index (χ3n) is 5.80. The number of benzene rings is 1. The lowest BCUT2D eigenvalue weighted by Crippen LogP contribution is -2.45. The molecule has 1 aromatic rings. The standard InChI is InChI=1S/C20H32N2O4S/c1-16(2)27(23,24)21-14-19-8-9-20(26-19)10-12-22(13-11-20)15-17-4-6-18(25-3)7-5-17/h4-7,16,19,21H,8-15H2,1-3H3.